The van der Waals surface area contributed by atoms with Gasteiger partial charge in [0.25, 0.3) is 0 Å². The first-order valence-electron chi connectivity index (χ1n) is 26.9. The molecule has 19 nitrogen and oxygen atoms in total. The van der Waals surface area contributed by atoms with Crippen LogP contribution in [0.4, 0.5) is 0 Å². The third-order valence-electron chi connectivity index (χ3n) is 18.8. The minimum absolute atomic E-state index is 0.0534. The maximum Gasteiger partial charge on any atom is 0.340 e. The van der Waals surface area contributed by atoms with Crippen LogP contribution < -0.4 is 0 Å². The molecular formula is C57H79NO18. The van der Waals surface area contributed by atoms with E-state index in [9.17, 15) is 35.1 Å². The lowest BCUT2D eigenvalue weighted by Crippen LogP contribution is -2.78. The van der Waals surface area contributed by atoms with Crippen molar-refractivity contribution in [3.8, 4) is 0 Å². The molecule has 6 fully saturated rings. The topological polar surface area (TPSA) is 250 Å². The highest BCUT2D eigenvalue weighted by Crippen LogP contribution is 2.71. The van der Waals surface area contributed by atoms with E-state index in [0.717, 1.165) is 11.1 Å². The van der Waals surface area contributed by atoms with Crippen molar-refractivity contribution < 1.29 is 87.2 Å². The molecule has 22 atom stereocenters. The number of fused-ring (bicyclic) bond motifs is 5. The van der Waals surface area contributed by atoms with Gasteiger partial charge in [-0.2, -0.15) is 0 Å². The van der Waals surface area contributed by atoms with Gasteiger partial charge in [0.05, 0.1) is 47.6 Å². The van der Waals surface area contributed by atoms with Gasteiger partial charge >= 0.3 is 11.9 Å². The molecule has 0 bridgehead atoms. The lowest BCUT2D eigenvalue weighted by atomic mass is 9.42. The summed E-state index contributed by atoms with van der Waals surface area (Å²) in [5.74, 6) is -2.02. The highest BCUT2D eigenvalue weighted by atomic mass is 16.8. The van der Waals surface area contributed by atoms with Crippen LogP contribution in [-0.4, -0.2) is 179 Å². The molecule has 9 rings (SSSR count). The number of esters is 2. The van der Waals surface area contributed by atoms with Crippen molar-refractivity contribution in [3.63, 3.8) is 0 Å². The monoisotopic (exact) mass is 1070 g/mol. The standard InChI is InChI=1S/C57H79NO18/c1-31-46(60)50(68-9)47(61)52(71-31)76-49-33(3)70-45(28-40(49)67-8)75-48-32(2)69-44(27-39(48)66-7)73-38-20-21-53(5)37(26-38)19-22-56(64)41(53)29-42(74-43(59)18-17-35-14-11-10-12-15-35)54(6)55(63,23-24-57(54,56)65)34(4)72-51(62)36-16-13-25-58-30-36/h10-19,25,30-34,38-42,44-50,52,60-61,63-65H,20-24,26-29H2,1-9H3/b18-17+/t31-,32-,33-,34+,38+,39+,40-,41-,42-,44+,45+,46-,47-,48-,49-,50+,52+,53+,54-,55-,56+,57-/m1/s1. The molecular weight excluding hydrogens is 987 g/mol. The third kappa shape index (κ3) is 10.0. The first kappa shape index (κ1) is 56.9. The number of pyridine rings is 1. The summed E-state index contributed by atoms with van der Waals surface area (Å²) < 4.78 is 68.0. The largest absolute Gasteiger partial charge is 0.458 e. The molecule has 7 aliphatic rings. The summed E-state index contributed by atoms with van der Waals surface area (Å²) in [4.78, 5) is 31.4. The van der Waals surface area contributed by atoms with E-state index in [-0.39, 0.29) is 37.4 Å². The van der Waals surface area contributed by atoms with E-state index < -0.39 is 138 Å². The number of hydrogen-bond donors (Lipinski definition) is 5. The number of carbonyl (C=O) groups is 2. The van der Waals surface area contributed by atoms with E-state index in [0.29, 0.717) is 32.1 Å². The average Bonchev–Trinajstić information content (AvgIpc) is 3.26. The van der Waals surface area contributed by atoms with Gasteiger partial charge in [0.15, 0.2) is 18.9 Å². The number of rotatable bonds is 15. The summed E-state index contributed by atoms with van der Waals surface area (Å²) in [6.07, 6.45) is -1.79. The fourth-order valence-electron chi connectivity index (χ4n) is 14.3. The van der Waals surface area contributed by atoms with E-state index in [1.807, 2.05) is 50.3 Å². The van der Waals surface area contributed by atoms with E-state index in [2.05, 4.69) is 11.9 Å². The Morgan fingerprint density at radius 3 is 2.09 bits per heavy atom. The number of ether oxygens (including phenoxy) is 11. The predicted octanol–water partition coefficient (Wildman–Crippen LogP) is 4.72. The van der Waals surface area contributed by atoms with Gasteiger partial charge in [-0.05, 0) is 102 Å². The van der Waals surface area contributed by atoms with Crippen molar-refractivity contribution >= 4 is 18.0 Å². The van der Waals surface area contributed by atoms with Crippen LogP contribution >= 0.6 is 0 Å². The van der Waals surface area contributed by atoms with Crippen LogP contribution in [0.1, 0.15) is 115 Å². The Morgan fingerprint density at radius 2 is 1.45 bits per heavy atom. The Labute approximate surface area is 445 Å². The van der Waals surface area contributed by atoms with Crippen LogP contribution in [0.15, 0.2) is 72.6 Å². The molecule has 3 saturated carbocycles. The van der Waals surface area contributed by atoms with Gasteiger partial charge in [-0.3, -0.25) is 4.98 Å². The van der Waals surface area contributed by atoms with Crippen molar-refractivity contribution in [2.45, 2.75) is 214 Å². The highest BCUT2D eigenvalue weighted by molar-refractivity contribution is 5.89. The van der Waals surface area contributed by atoms with Crippen molar-refractivity contribution in [3.05, 3.63) is 83.7 Å². The Bertz CT molecular complexity index is 2400. The minimum Gasteiger partial charge on any atom is -0.458 e. The van der Waals surface area contributed by atoms with Gasteiger partial charge in [-0.15, -0.1) is 0 Å². The van der Waals surface area contributed by atoms with Crippen molar-refractivity contribution in [1.82, 2.24) is 4.98 Å². The van der Waals surface area contributed by atoms with Gasteiger partial charge < -0.3 is 77.6 Å². The van der Waals surface area contributed by atoms with Gasteiger partial charge in [-0.1, -0.05) is 55.8 Å². The minimum atomic E-state index is -2.01. The van der Waals surface area contributed by atoms with Crippen molar-refractivity contribution in [2.24, 2.45) is 16.7 Å². The quantitative estimate of drug-likeness (QED) is 0.0919. The molecule has 0 unspecified atom stereocenters. The second-order valence-electron chi connectivity index (χ2n) is 22.7. The first-order chi connectivity index (χ1) is 36.1. The van der Waals surface area contributed by atoms with Crippen LogP contribution in [0.25, 0.3) is 6.08 Å². The molecule has 0 spiro atoms. The average molecular weight is 1070 g/mol. The van der Waals surface area contributed by atoms with Gasteiger partial charge in [0.2, 0.25) is 0 Å². The summed E-state index contributed by atoms with van der Waals surface area (Å²) in [7, 11) is 4.60. The zero-order valence-corrected chi connectivity index (χ0v) is 45.1. The summed E-state index contributed by atoms with van der Waals surface area (Å²) in [6, 6.07) is 12.5. The van der Waals surface area contributed by atoms with Gasteiger partial charge in [-0.25, -0.2) is 9.59 Å². The first-order valence-corrected chi connectivity index (χ1v) is 26.9. The summed E-state index contributed by atoms with van der Waals surface area (Å²) in [5, 5.41) is 61.0. The Kier molecular flexibility index (Phi) is 16.8. The maximum absolute atomic E-state index is 13.9. The fraction of sp³-hybridized carbons (Fsp3) is 0.702. The number of aliphatic hydroxyl groups is 5. The lowest BCUT2D eigenvalue weighted by Gasteiger charge is -2.67. The number of aliphatic hydroxyl groups excluding tert-OH is 2. The Morgan fingerprint density at radius 1 is 0.776 bits per heavy atom. The molecule has 2 aromatic rings. The van der Waals surface area contributed by atoms with E-state index in [1.54, 1.807) is 53.2 Å². The van der Waals surface area contributed by atoms with Crippen LogP contribution in [-0.2, 0) is 56.9 Å². The highest BCUT2D eigenvalue weighted by Gasteiger charge is 2.81. The third-order valence-corrected chi connectivity index (χ3v) is 18.8. The number of aromatic nitrogens is 1. The second-order valence-corrected chi connectivity index (χ2v) is 22.7. The van der Waals surface area contributed by atoms with Crippen molar-refractivity contribution in [2.75, 3.05) is 21.3 Å². The number of nitrogens with zero attached hydrogens (tertiary/aromatic N) is 1. The van der Waals surface area contributed by atoms with Crippen LogP contribution in [0.3, 0.4) is 0 Å². The van der Waals surface area contributed by atoms with E-state index >= 15 is 0 Å². The normalized spacial score (nSPS) is 44.7. The van der Waals surface area contributed by atoms with Crippen molar-refractivity contribution in [1.29, 1.82) is 0 Å². The van der Waals surface area contributed by atoms with Crippen LogP contribution in [0, 0.1) is 16.7 Å². The summed E-state index contributed by atoms with van der Waals surface area (Å²) in [5.41, 5.74) is -6.13. The molecule has 1 aromatic heterocycles. The van der Waals surface area contributed by atoms with Crippen LogP contribution in [0.5, 0.6) is 0 Å². The molecule has 19 heteroatoms. The molecule has 3 saturated heterocycles. The number of methoxy groups -OCH3 is 3. The molecule has 420 valence electrons. The Hall–Kier alpha value is -3.77. The number of carbonyl (C=O) groups excluding carboxylic acids is 2. The zero-order valence-electron chi connectivity index (χ0n) is 45.1. The SMILES string of the molecule is CO[C@@H]1[C@@H](O)[C@H](O[C@@H]2[C@@H](C)O[C@@H](O[C@H]3[C@@H](OC)C[C@H](O[C@H]4CC[C@@]5(C)C(=CC[C@]6(O)[C@@H]5C[C@@H](OC(=O)/C=C/c5ccccc5)[C@@]5(C)[C@]6(O)CC[C@@]5(O)[C@H](C)OC(=O)c5cccnc5)C4)O[C@@H]3C)C[C@H]2OC)O[C@H](C)[C@H]1O. The summed E-state index contributed by atoms with van der Waals surface area (Å²) >= 11 is 0. The molecule has 3 aliphatic heterocycles. The zero-order chi connectivity index (χ0) is 54.5. The lowest BCUT2D eigenvalue weighted by molar-refractivity contribution is -0.352. The van der Waals surface area contributed by atoms with E-state index in [4.69, 9.17) is 52.1 Å². The fourth-order valence-corrected chi connectivity index (χ4v) is 14.3. The molecule has 76 heavy (non-hydrogen) atoms. The molecule has 4 aliphatic carbocycles. The van der Waals surface area contributed by atoms with E-state index in [1.165, 1.54) is 25.6 Å². The smallest absolute Gasteiger partial charge is 0.340 e. The summed E-state index contributed by atoms with van der Waals surface area (Å²) in [6.45, 7) is 10.7. The second kappa shape index (κ2) is 22.4. The number of hydrogen-bond acceptors (Lipinski definition) is 19. The Balaban J connectivity index is 0.881. The molecule has 1 aromatic carbocycles. The molecule has 5 N–H and O–H groups in total. The molecule has 0 radical (unpaired) electrons. The molecule has 4 heterocycles. The van der Waals surface area contributed by atoms with Gasteiger partial charge in [0, 0.05) is 58.6 Å². The molecule has 0 amide bonds. The maximum atomic E-state index is 13.9. The van der Waals surface area contributed by atoms with Crippen LogP contribution in [0.2, 0.25) is 0 Å². The number of benzene rings is 1. The van der Waals surface area contributed by atoms with Gasteiger partial charge in [0.1, 0.15) is 59.5 Å². The predicted molar refractivity (Wildman–Crippen MR) is 271 cm³/mol.